The summed E-state index contributed by atoms with van der Waals surface area (Å²) in [6.45, 7) is 5.06. The quantitative estimate of drug-likeness (QED) is 0.602. The van der Waals surface area contributed by atoms with Gasteiger partial charge in [0.05, 0.1) is 11.6 Å². The molecule has 0 amide bonds. The van der Waals surface area contributed by atoms with Crippen LogP contribution in [0.25, 0.3) is 11.0 Å². The Kier molecular flexibility index (Phi) is 4.51. The summed E-state index contributed by atoms with van der Waals surface area (Å²) in [6, 6.07) is 0.136. The number of aliphatic hydroxyl groups excluding tert-OH is 1. The first-order valence-electron chi connectivity index (χ1n) is 6.57. The molecule has 2 aromatic heterocycles. The summed E-state index contributed by atoms with van der Waals surface area (Å²) in [7, 11) is 0. The van der Waals surface area contributed by atoms with E-state index in [0.29, 0.717) is 18.0 Å². The van der Waals surface area contributed by atoms with Gasteiger partial charge in [0.25, 0.3) is 0 Å². The minimum atomic E-state index is 0.136. The summed E-state index contributed by atoms with van der Waals surface area (Å²) in [4.78, 5) is 8.81. The molecule has 0 spiro atoms. The lowest BCUT2D eigenvalue weighted by molar-refractivity contribution is 0.282. The molecule has 0 saturated carbocycles. The summed E-state index contributed by atoms with van der Waals surface area (Å²) in [5.74, 6) is 1.32. The summed E-state index contributed by atoms with van der Waals surface area (Å²) < 4.78 is 0. The zero-order valence-corrected chi connectivity index (χ0v) is 11.3. The normalized spacial score (nSPS) is 12.6. The number of hydrogen-bond donors (Lipinski definition) is 4. The molecule has 2 rings (SSSR count). The fourth-order valence-electron chi connectivity index (χ4n) is 1.76. The van der Waals surface area contributed by atoms with Crippen molar-refractivity contribution in [3.8, 4) is 0 Å². The molecule has 0 saturated heterocycles. The Hall–Kier alpha value is -1.89. The lowest BCUT2D eigenvalue weighted by Gasteiger charge is -2.14. The number of aromatic nitrogens is 4. The number of aliphatic hydroxyl groups is 1. The number of aromatic amines is 1. The van der Waals surface area contributed by atoms with Gasteiger partial charge in [-0.3, -0.25) is 5.10 Å². The number of nitrogens with zero attached hydrogens (tertiary/aromatic N) is 3. The van der Waals surface area contributed by atoms with Crippen molar-refractivity contribution >= 4 is 22.8 Å². The molecule has 0 aliphatic carbocycles. The zero-order chi connectivity index (χ0) is 13.7. The number of anilines is 2. The van der Waals surface area contributed by atoms with E-state index in [2.05, 4.69) is 37.7 Å². The van der Waals surface area contributed by atoms with Crippen molar-refractivity contribution in [1.29, 1.82) is 0 Å². The number of hydrogen-bond acceptors (Lipinski definition) is 6. The molecule has 1 atom stereocenters. The number of H-pyrrole nitrogens is 1. The molecule has 0 radical (unpaired) electrons. The number of nitrogens with one attached hydrogen (secondary N) is 3. The average Bonchev–Trinajstić information content (AvgIpc) is 2.85. The van der Waals surface area contributed by atoms with Gasteiger partial charge in [-0.1, -0.05) is 6.92 Å². The van der Waals surface area contributed by atoms with E-state index in [-0.39, 0.29) is 12.6 Å². The zero-order valence-electron chi connectivity index (χ0n) is 11.3. The van der Waals surface area contributed by atoms with E-state index in [1.165, 1.54) is 0 Å². The summed E-state index contributed by atoms with van der Waals surface area (Å²) in [6.07, 6.45) is 3.38. The molecule has 0 aliphatic rings. The monoisotopic (exact) mass is 264 g/mol. The van der Waals surface area contributed by atoms with Crippen LogP contribution >= 0.6 is 0 Å². The van der Waals surface area contributed by atoms with E-state index in [0.717, 1.165) is 24.2 Å². The SMILES string of the molecule is CCCNc1nc(NC(C)CCO)c2cn[nH]c2n1. The third-order valence-corrected chi connectivity index (χ3v) is 2.79. The van der Waals surface area contributed by atoms with Crippen LogP contribution in [0.1, 0.15) is 26.7 Å². The molecule has 7 nitrogen and oxygen atoms in total. The maximum atomic E-state index is 8.96. The average molecular weight is 264 g/mol. The molecule has 0 aliphatic heterocycles. The Balaban J connectivity index is 2.25. The van der Waals surface area contributed by atoms with Crippen LogP contribution in [0.5, 0.6) is 0 Å². The van der Waals surface area contributed by atoms with Crippen molar-refractivity contribution in [2.24, 2.45) is 0 Å². The lowest BCUT2D eigenvalue weighted by Crippen LogP contribution is -2.18. The Morgan fingerprint density at radius 1 is 1.42 bits per heavy atom. The third-order valence-electron chi connectivity index (χ3n) is 2.79. The van der Waals surface area contributed by atoms with Gasteiger partial charge in [-0.25, -0.2) is 0 Å². The van der Waals surface area contributed by atoms with Gasteiger partial charge in [-0.15, -0.1) is 0 Å². The molecular weight excluding hydrogens is 244 g/mol. The van der Waals surface area contributed by atoms with Gasteiger partial charge in [-0.2, -0.15) is 15.1 Å². The van der Waals surface area contributed by atoms with Crippen LogP contribution in [0.4, 0.5) is 11.8 Å². The predicted molar refractivity (Wildman–Crippen MR) is 75.3 cm³/mol. The molecule has 4 N–H and O–H groups in total. The van der Waals surface area contributed by atoms with E-state index in [1.54, 1.807) is 6.20 Å². The van der Waals surface area contributed by atoms with E-state index in [4.69, 9.17) is 5.11 Å². The Labute approximate surface area is 111 Å². The standard InChI is InChI=1S/C12H20N6O/c1-3-5-13-12-16-10(15-8(2)4-6-19)9-7-14-18-11(9)17-12/h7-8,19H,3-6H2,1-2H3,(H3,13,14,15,16,17,18). The highest BCUT2D eigenvalue weighted by Crippen LogP contribution is 2.21. The van der Waals surface area contributed by atoms with Crippen molar-refractivity contribution in [3.05, 3.63) is 6.20 Å². The van der Waals surface area contributed by atoms with Gasteiger partial charge in [0, 0.05) is 19.2 Å². The molecular formula is C12H20N6O. The first kappa shape index (κ1) is 13.5. The van der Waals surface area contributed by atoms with Crippen molar-refractivity contribution in [2.45, 2.75) is 32.7 Å². The maximum Gasteiger partial charge on any atom is 0.226 e. The van der Waals surface area contributed by atoms with Gasteiger partial charge < -0.3 is 15.7 Å². The van der Waals surface area contributed by atoms with Crippen molar-refractivity contribution < 1.29 is 5.11 Å². The van der Waals surface area contributed by atoms with E-state index >= 15 is 0 Å². The Morgan fingerprint density at radius 2 is 2.26 bits per heavy atom. The summed E-state index contributed by atoms with van der Waals surface area (Å²) in [5.41, 5.74) is 0.701. The van der Waals surface area contributed by atoms with E-state index in [1.807, 2.05) is 6.92 Å². The molecule has 104 valence electrons. The minimum absolute atomic E-state index is 0.136. The first-order valence-corrected chi connectivity index (χ1v) is 6.57. The Bertz CT molecular complexity index is 526. The maximum absolute atomic E-state index is 8.96. The van der Waals surface area contributed by atoms with Crippen LogP contribution in [0.2, 0.25) is 0 Å². The molecule has 19 heavy (non-hydrogen) atoms. The molecule has 0 bridgehead atoms. The van der Waals surface area contributed by atoms with Gasteiger partial charge in [0.2, 0.25) is 5.95 Å². The second-order valence-corrected chi connectivity index (χ2v) is 4.51. The highest BCUT2D eigenvalue weighted by Gasteiger charge is 2.11. The van der Waals surface area contributed by atoms with Crippen LogP contribution in [0.3, 0.4) is 0 Å². The van der Waals surface area contributed by atoms with Crippen molar-refractivity contribution in [1.82, 2.24) is 20.2 Å². The van der Waals surface area contributed by atoms with Crippen LogP contribution in [0, 0.1) is 0 Å². The minimum Gasteiger partial charge on any atom is -0.396 e. The smallest absolute Gasteiger partial charge is 0.226 e. The fraction of sp³-hybridized carbons (Fsp3) is 0.583. The fourth-order valence-corrected chi connectivity index (χ4v) is 1.76. The molecule has 2 heterocycles. The molecule has 1 unspecified atom stereocenters. The Morgan fingerprint density at radius 3 is 3.00 bits per heavy atom. The van der Waals surface area contributed by atoms with Crippen molar-refractivity contribution in [2.75, 3.05) is 23.8 Å². The molecule has 2 aromatic rings. The molecule has 0 aromatic carbocycles. The third kappa shape index (κ3) is 3.31. The summed E-state index contributed by atoms with van der Waals surface area (Å²) >= 11 is 0. The van der Waals surface area contributed by atoms with E-state index < -0.39 is 0 Å². The van der Waals surface area contributed by atoms with Gasteiger partial charge in [-0.05, 0) is 19.8 Å². The number of rotatable bonds is 7. The van der Waals surface area contributed by atoms with Crippen LogP contribution in [0.15, 0.2) is 6.20 Å². The summed E-state index contributed by atoms with van der Waals surface area (Å²) in [5, 5.41) is 23.1. The van der Waals surface area contributed by atoms with Gasteiger partial charge in [0.15, 0.2) is 5.65 Å². The first-order chi connectivity index (χ1) is 9.24. The predicted octanol–water partition coefficient (Wildman–Crippen LogP) is 1.36. The molecule has 7 heteroatoms. The van der Waals surface area contributed by atoms with Gasteiger partial charge in [0.1, 0.15) is 5.82 Å². The topological polar surface area (TPSA) is 98.8 Å². The second kappa shape index (κ2) is 6.33. The molecule has 0 fully saturated rings. The largest absolute Gasteiger partial charge is 0.396 e. The van der Waals surface area contributed by atoms with E-state index in [9.17, 15) is 0 Å². The van der Waals surface area contributed by atoms with Crippen LogP contribution in [-0.2, 0) is 0 Å². The highest BCUT2D eigenvalue weighted by molar-refractivity contribution is 5.87. The van der Waals surface area contributed by atoms with Crippen molar-refractivity contribution in [3.63, 3.8) is 0 Å². The van der Waals surface area contributed by atoms with Crippen LogP contribution in [-0.4, -0.2) is 44.5 Å². The van der Waals surface area contributed by atoms with Gasteiger partial charge >= 0.3 is 0 Å². The highest BCUT2D eigenvalue weighted by atomic mass is 16.3. The van der Waals surface area contributed by atoms with Crippen LogP contribution < -0.4 is 10.6 Å². The number of fused-ring (bicyclic) bond motifs is 1. The second-order valence-electron chi connectivity index (χ2n) is 4.51. The lowest BCUT2D eigenvalue weighted by atomic mass is 10.2.